The topological polar surface area (TPSA) is 26.3 Å². The molecule has 0 fully saturated rings. The SMILES string of the molecule is COc1ccc(C(F)F)c(C(=O)C(C)Br)c1. The Morgan fingerprint density at radius 3 is 2.50 bits per heavy atom. The molecule has 0 heterocycles. The van der Waals surface area contributed by atoms with E-state index in [1.807, 2.05) is 0 Å². The third-order valence-electron chi connectivity index (χ3n) is 2.12. The summed E-state index contributed by atoms with van der Waals surface area (Å²) in [7, 11) is 1.42. The molecule has 1 aromatic carbocycles. The van der Waals surface area contributed by atoms with Gasteiger partial charge in [-0.2, -0.15) is 0 Å². The summed E-state index contributed by atoms with van der Waals surface area (Å²) >= 11 is 3.07. The highest BCUT2D eigenvalue weighted by atomic mass is 79.9. The number of ketones is 1. The molecule has 0 bridgehead atoms. The molecule has 0 spiro atoms. The van der Waals surface area contributed by atoms with Crippen molar-refractivity contribution in [3.63, 3.8) is 0 Å². The molecule has 0 N–H and O–H groups in total. The number of methoxy groups -OCH3 is 1. The number of hydrogen-bond acceptors (Lipinski definition) is 2. The Balaban J connectivity index is 3.25. The minimum absolute atomic E-state index is 0.00118. The van der Waals surface area contributed by atoms with Crippen molar-refractivity contribution in [1.82, 2.24) is 0 Å². The fraction of sp³-hybridized carbons (Fsp3) is 0.364. The Morgan fingerprint density at radius 1 is 1.44 bits per heavy atom. The van der Waals surface area contributed by atoms with E-state index in [2.05, 4.69) is 15.9 Å². The molecule has 0 amide bonds. The van der Waals surface area contributed by atoms with Crippen molar-refractivity contribution in [2.24, 2.45) is 0 Å². The summed E-state index contributed by atoms with van der Waals surface area (Å²) in [4.78, 5) is 11.2. The van der Waals surface area contributed by atoms with E-state index in [9.17, 15) is 13.6 Å². The molecule has 1 atom stereocenters. The number of rotatable bonds is 4. The van der Waals surface area contributed by atoms with Gasteiger partial charge in [0.15, 0.2) is 5.78 Å². The van der Waals surface area contributed by atoms with E-state index in [0.29, 0.717) is 5.75 Å². The highest BCUT2D eigenvalue weighted by Crippen LogP contribution is 2.28. The Hall–Kier alpha value is -0.970. The van der Waals surface area contributed by atoms with Gasteiger partial charge >= 0.3 is 0 Å². The van der Waals surface area contributed by atoms with Crippen molar-refractivity contribution >= 4 is 21.7 Å². The van der Waals surface area contributed by atoms with Crippen molar-refractivity contribution in [2.75, 3.05) is 7.11 Å². The highest BCUT2D eigenvalue weighted by Gasteiger charge is 2.21. The van der Waals surface area contributed by atoms with E-state index >= 15 is 0 Å². The highest BCUT2D eigenvalue weighted by molar-refractivity contribution is 9.10. The van der Waals surface area contributed by atoms with Gasteiger partial charge in [-0.15, -0.1) is 0 Å². The second kappa shape index (κ2) is 5.39. The maximum Gasteiger partial charge on any atom is 0.264 e. The summed E-state index contributed by atoms with van der Waals surface area (Å²) in [5.74, 6) is 0.00935. The molecule has 0 radical (unpaired) electrons. The summed E-state index contributed by atoms with van der Waals surface area (Å²) in [6, 6.07) is 3.96. The third-order valence-corrected chi connectivity index (χ3v) is 2.54. The zero-order valence-electron chi connectivity index (χ0n) is 8.84. The average Bonchev–Trinajstić information content (AvgIpc) is 2.26. The van der Waals surface area contributed by atoms with Crippen LogP contribution in [0.15, 0.2) is 18.2 Å². The van der Waals surface area contributed by atoms with Crippen molar-refractivity contribution in [2.45, 2.75) is 18.2 Å². The van der Waals surface area contributed by atoms with Gasteiger partial charge in [-0.25, -0.2) is 8.78 Å². The molecule has 0 aromatic heterocycles. The minimum Gasteiger partial charge on any atom is -0.497 e. The van der Waals surface area contributed by atoms with Gasteiger partial charge in [0, 0.05) is 11.1 Å². The molecular weight excluding hydrogens is 282 g/mol. The van der Waals surface area contributed by atoms with Crippen LogP contribution >= 0.6 is 15.9 Å². The van der Waals surface area contributed by atoms with Crippen LogP contribution in [0.3, 0.4) is 0 Å². The molecule has 1 aromatic rings. The Labute approximate surface area is 101 Å². The summed E-state index contributed by atoms with van der Waals surface area (Å²) < 4.78 is 30.3. The lowest BCUT2D eigenvalue weighted by molar-refractivity contribution is 0.0981. The molecule has 1 rings (SSSR count). The standard InChI is InChI=1S/C11H11BrF2O2/c1-6(12)10(15)9-5-7(16-2)3-4-8(9)11(13)14/h3-6,11H,1-2H3. The lowest BCUT2D eigenvalue weighted by Gasteiger charge is -2.11. The van der Waals surface area contributed by atoms with Gasteiger partial charge in [0.05, 0.1) is 11.9 Å². The number of alkyl halides is 3. The molecule has 0 saturated carbocycles. The normalized spacial score (nSPS) is 12.6. The van der Waals surface area contributed by atoms with Gasteiger partial charge in [0.2, 0.25) is 0 Å². The van der Waals surface area contributed by atoms with Gasteiger partial charge in [0.25, 0.3) is 6.43 Å². The molecule has 0 aliphatic carbocycles. The average molecular weight is 293 g/mol. The van der Waals surface area contributed by atoms with E-state index in [-0.39, 0.29) is 16.9 Å². The van der Waals surface area contributed by atoms with E-state index in [4.69, 9.17) is 4.74 Å². The molecule has 88 valence electrons. The molecule has 16 heavy (non-hydrogen) atoms. The zero-order chi connectivity index (χ0) is 12.3. The number of halogens is 3. The first-order valence-corrected chi connectivity index (χ1v) is 5.53. The van der Waals surface area contributed by atoms with Crippen LogP contribution in [0.25, 0.3) is 0 Å². The second-order valence-corrected chi connectivity index (χ2v) is 4.61. The zero-order valence-corrected chi connectivity index (χ0v) is 10.4. The number of hydrogen-bond donors (Lipinski definition) is 0. The Bertz CT molecular complexity index is 392. The first-order valence-electron chi connectivity index (χ1n) is 4.61. The largest absolute Gasteiger partial charge is 0.497 e. The number of carbonyl (C=O) groups is 1. The van der Waals surface area contributed by atoms with Crippen LogP contribution < -0.4 is 4.74 Å². The van der Waals surface area contributed by atoms with Crippen LogP contribution in [0, 0.1) is 0 Å². The van der Waals surface area contributed by atoms with Crippen molar-refractivity contribution in [3.8, 4) is 5.75 Å². The van der Waals surface area contributed by atoms with Crippen LogP contribution in [-0.4, -0.2) is 17.7 Å². The molecule has 0 aliphatic rings. The van der Waals surface area contributed by atoms with Crippen LogP contribution in [0.5, 0.6) is 5.75 Å². The number of ether oxygens (including phenoxy) is 1. The maximum atomic E-state index is 12.7. The van der Waals surface area contributed by atoms with E-state index in [1.54, 1.807) is 6.92 Å². The summed E-state index contributed by atoms with van der Waals surface area (Å²) in [5.41, 5.74) is -0.268. The van der Waals surface area contributed by atoms with E-state index < -0.39 is 11.3 Å². The predicted octanol–water partition coefficient (Wildman–Crippen LogP) is 3.60. The van der Waals surface area contributed by atoms with Gasteiger partial charge in [0.1, 0.15) is 5.75 Å². The van der Waals surface area contributed by atoms with Gasteiger partial charge in [-0.05, 0) is 25.1 Å². The first-order chi connectivity index (χ1) is 7.47. The minimum atomic E-state index is -2.67. The first kappa shape index (κ1) is 13.1. The predicted molar refractivity (Wildman–Crippen MR) is 60.7 cm³/mol. The van der Waals surface area contributed by atoms with Crippen molar-refractivity contribution in [1.29, 1.82) is 0 Å². The lowest BCUT2D eigenvalue weighted by atomic mass is 10.0. The van der Waals surface area contributed by atoms with Crippen LogP contribution in [0.2, 0.25) is 0 Å². The molecular formula is C11H11BrF2O2. The number of Topliss-reactive ketones (excluding diaryl/α,β-unsaturated/α-hetero) is 1. The van der Waals surface area contributed by atoms with Gasteiger partial charge < -0.3 is 4.74 Å². The van der Waals surface area contributed by atoms with Crippen LogP contribution in [0.4, 0.5) is 8.78 Å². The van der Waals surface area contributed by atoms with Crippen molar-refractivity contribution in [3.05, 3.63) is 29.3 Å². The van der Waals surface area contributed by atoms with E-state index in [1.165, 1.54) is 25.3 Å². The summed E-state index contributed by atoms with van der Waals surface area (Å²) in [6.45, 7) is 1.59. The molecule has 2 nitrogen and oxygen atoms in total. The monoisotopic (exact) mass is 292 g/mol. The Morgan fingerprint density at radius 2 is 2.06 bits per heavy atom. The third kappa shape index (κ3) is 2.78. The Kier molecular flexibility index (Phi) is 4.41. The molecule has 0 saturated heterocycles. The van der Waals surface area contributed by atoms with Gasteiger partial charge in [-0.3, -0.25) is 4.79 Å². The van der Waals surface area contributed by atoms with Crippen LogP contribution in [0.1, 0.15) is 29.3 Å². The molecule has 5 heteroatoms. The van der Waals surface area contributed by atoms with Gasteiger partial charge in [-0.1, -0.05) is 15.9 Å². The fourth-order valence-electron chi connectivity index (χ4n) is 1.28. The number of benzene rings is 1. The summed E-state index contributed by atoms with van der Waals surface area (Å²) in [5, 5.41) is 0. The molecule has 0 aliphatic heterocycles. The van der Waals surface area contributed by atoms with Crippen molar-refractivity contribution < 1.29 is 18.3 Å². The maximum absolute atomic E-state index is 12.7. The quantitative estimate of drug-likeness (QED) is 0.626. The smallest absolute Gasteiger partial charge is 0.264 e. The second-order valence-electron chi connectivity index (χ2n) is 3.23. The fourth-order valence-corrected chi connectivity index (χ4v) is 1.53. The number of carbonyl (C=O) groups excluding carboxylic acids is 1. The van der Waals surface area contributed by atoms with E-state index in [0.717, 1.165) is 0 Å². The van der Waals surface area contributed by atoms with Crippen LogP contribution in [-0.2, 0) is 0 Å². The lowest BCUT2D eigenvalue weighted by Crippen LogP contribution is -2.13. The summed E-state index contributed by atoms with van der Waals surface area (Å²) in [6.07, 6.45) is -2.67. The molecule has 1 unspecified atom stereocenters.